The number of rotatable bonds is 5. The second-order valence-electron chi connectivity index (χ2n) is 4.35. The predicted molar refractivity (Wildman–Crippen MR) is 90.3 cm³/mol. The molecule has 118 valence electrons. The molecular weight excluding hydrogens is 358 g/mol. The molecule has 1 aromatic carbocycles. The molecule has 23 heavy (non-hydrogen) atoms. The summed E-state index contributed by atoms with van der Waals surface area (Å²) in [6, 6.07) is 4.43. The average Bonchev–Trinajstić information content (AvgIpc) is 3.09. The molecule has 0 aliphatic carbocycles. The van der Waals surface area contributed by atoms with Crippen LogP contribution in [0.1, 0.15) is 5.01 Å². The van der Waals surface area contributed by atoms with Crippen molar-refractivity contribution in [2.75, 3.05) is 11.1 Å². The number of nitro groups is 1. The molecule has 0 radical (unpaired) electrons. The molecule has 0 saturated heterocycles. The number of non-ortho nitro benzene ring substituents is 1. The van der Waals surface area contributed by atoms with Crippen molar-refractivity contribution in [2.45, 2.75) is 11.3 Å². The maximum absolute atomic E-state index is 11.9. The molecule has 3 aromatic rings. The van der Waals surface area contributed by atoms with Crippen LogP contribution in [-0.4, -0.2) is 31.8 Å². The third kappa shape index (κ3) is 3.81. The van der Waals surface area contributed by atoms with Crippen molar-refractivity contribution >= 4 is 61.4 Å². The number of hydrogen-bond acceptors (Lipinski definition) is 9. The number of carbonyl (C=O) groups is 1. The van der Waals surface area contributed by atoms with E-state index in [1.807, 2.05) is 6.92 Å². The Kier molecular flexibility index (Phi) is 4.50. The van der Waals surface area contributed by atoms with Gasteiger partial charge in [-0.2, -0.15) is 0 Å². The van der Waals surface area contributed by atoms with E-state index in [9.17, 15) is 14.9 Å². The van der Waals surface area contributed by atoms with Crippen molar-refractivity contribution in [1.29, 1.82) is 0 Å². The number of hydrogen-bond donors (Lipinski definition) is 1. The smallest absolute Gasteiger partial charge is 0.271 e. The lowest BCUT2D eigenvalue weighted by Gasteiger charge is -1.98. The van der Waals surface area contributed by atoms with Gasteiger partial charge in [-0.3, -0.25) is 14.9 Å². The first-order chi connectivity index (χ1) is 11.0. The van der Waals surface area contributed by atoms with E-state index in [0.29, 0.717) is 10.6 Å². The maximum atomic E-state index is 11.9. The maximum Gasteiger partial charge on any atom is 0.271 e. The third-order valence-corrected chi connectivity index (χ3v) is 5.59. The van der Waals surface area contributed by atoms with Gasteiger partial charge in [-0.05, 0) is 13.0 Å². The van der Waals surface area contributed by atoms with Gasteiger partial charge in [-0.1, -0.05) is 34.4 Å². The number of aromatic nitrogens is 3. The number of benzene rings is 1. The zero-order valence-corrected chi connectivity index (χ0v) is 14.1. The first-order valence-corrected chi connectivity index (χ1v) is 8.91. The zero-order chi connectivity index (χ0) is 16.4. The van der Waals surface area contributed by atoms with Gasteiger partial charge >= 0.3 is 0 Å². The lowest BCUT2D eigenvalue weighted by Crippen LogP contribution is -2.13. The fraction of sp³-hybridized carbons (Fsp3) is 0.167. The lowest BCUT2D eigenvalue weighted by molar-refractivity contribution is -0.384. The van der Waals surface area contributed by atoms with E-state index in [1.54, 1.807) is 6.07 Å². The van der Waals surface area contributed by atoms with E-state index >= 15 is 0 Å². The number of thioether (sulfide) groups is 1. The number of anilines is 1. The minimum atomic E-state index is -0.474. The standard InChI is InChI=1S/C12H9N5O3S3/c1-6-15-16-12(22-6)21-5-10(18)14-11-13-8-4-7(17(19)20)2-3-9(8)23-11/h2-4H,5H2,1H3,(H,13,14,18). The summed E-state index contributed by atoms with van der Waals surface area (Å²) in [5.41, 5.74) is 0.467. The highest BCUT2D eigenvalue weighted by Gasteiger charge is 2.12. The van der Waals surface area contributed by atoms with E-state index in [0.717, 1.165) is 14.0 Å². The van der Waals surface area contributed by atoms with E-state index in [-0.39, 0.29) is 17.3 Å². The summed E-state index contributed by atoms with van der Waals surface area (Å²) in [7, 11) is 0. The quantitative estimate of drug-likeness (QED) is 0.419. The summed E-state index contributed by atoms with van der Waals surface area (Å²) >= 11 is 4.00. The monoisotopic (exact) mass is 367 g/mol. The molecule has 1 N–H and O–H groups in total. The lowest BCUT2D eigenvalue weighted by atomic mass is 10.3. The minimum absolute atomic E-state index is 0.0251. The molecular formula is C12H9N5O3S3. The van der Waals surface area contributed by atoms with Crippen LogP contribution in [0.5, 0.6) is 0 Å². The second-order valence-corrected chi connectivity index (χ2v) is 7.79. The minimum Gasteiger partial charge on any atom is -0.301 e. The van der Waals surface area contributed by atoms with Gasteiger partial charge in [0.05, 0.1) is 20.9 Å². The third-order valence-electron chi connectivity index (χ3n) is 2.66. The largest absolute Gasteiger partial charge is 0.301 e. The van der Waals surface area contributed by atoms with Crippen molar-refractivity contribution in [1.82, 2.24) is 15.2 Å². The number of amides is 1. The molecule has 3 rings (SSSR count). The predicted octanol–water partition coefficient (Wildman–Crippen LogP) is 3.10. The molecule has 2 aromatic heterocycles. The van der Waals surface area contributed by atoms with Gasteiger partial charge in [0.15, 0.2) is 9.47 Å². The number of nitro benzene ring substituents is 1. The molecule has 2 heterocycles. The Labute approximate surface area is 142 Å². The van der Waals surface area contributed by atoms with Crippen molar-refractivity contribution in [3.63, 3.8) is 0 Å². The second kappa shape index (κ2) is 6.56. The van der Waals surface area contributed by atoms with Crippen LogP contribution < -0.4 is 5.32 Å². The number of aryl methyl sites for hydroxylation is 1. The highest BCUT2D eigenvalue weighted by Crippen LogP contribution is 2.29. The van der Waals surface area contributed by atoms with Crippen LogP contribution in [0.4, 0.5) is 10.8 Å². The Bertz CT molecular complexity index is 891. The first kappa shape index (κ1) is 15.8. The van der Waals surface area contributed by atoms with E-state index in [4.69, 9.17) is 0 Å². The molecule has 1 amide bonds. The number of nitrogens with one attached hydrogen (secondary N) is 1. The van der Waals surface area contributed by atoms with Gasteiger partial charge in [-0.15, -0.1) is 10.2 Å². The first-order valence-electron chi connectivity index (χ1n) is 6.29. The number of fused-ring (bicyclic) bond motifs is 1. The van der Waals surface area contributed by atoms with Gasteiger partial charge < -0.3 is 5.32 Å². The Morgan fingerprint density at radius 1 is 1.39 bits per heavy atom. The number of nitrogens with zero attached hydrogens (tertiary/aromatic N) is 4. The highest BCUT2D eigenvalue weighted by molar-refractivity contribution is 8.01. The molecule has 0 atom stereocenters. The SMILES string of the molecule is Cc1nnc(SCC(=O)Nc2nc3cc([N+](=O)[O-])ccc3s2)s1. The van der Waals surface area contributed by atoms with Gasteiger partial charge in [0.1, 0.15) is 5.01 Å². The van der Waals surface area contributed by atoms with Crippen LogP contribution in [-0.2, 0) is 4.79 Å². The van der Waals surface area contributed by atoms with Crippen LogP contribution in [0.15, 0.2) is 22.5 Å². The van der Waals surface area contributed by atoms with Crippen molar-refractivity contribution in [3.8, 4) is 0 Å². The molecule has 11 heteroatoms. The van der Waals surface area contributed by atoms with E-state index in [1.165, 1.54) is 46.6 Å². The van der Waals surface area contributed by atoms with Crippen molar-refractivity contribution in [3.05, 3.63) is 33.3 Å². The molecule has 0 aliphatic heterocycles. The Morgan fingerprint density at radius 3 is 2.91 bits per heavy atom. The van der Waals surface area contributed by atoms with Crippen LogP contribution in [0.25, 0.3) is 10.2 Å². The summed E-state index contributed by atoms with van der Waals surface area (Å²) < 4.78 is 1.51. The summed E-state index contributed by atoms with van der Waals surface area (Å²) in [6.45, 7) is 1.85. The average molecular weight is 367 g/mol. The van der Waals surface area contributed by atoms with Crippen molar-refractivity contribution in [2.24, 2.45) is 0 Å². The molecule has 0 unspecified atom stereocenters. The van der Waals surface area contributed by atoms with Crippen LogP contribution in [0, 0.1) is 17.0 Å². The highest BCUT2D eigenvalue weighted by atomic mass is 32.2. The van der Waals surface area contributed by atoms with Gasteiger partial charge in [0, 0.05) is 12.1 Å². The number of carbonyl (C=O) groups excluding carboxylic acids is 1. The summed E-state index contributed by atoms with van der Waals surface area (Å²) in [5.74, 6) is -0.0125. The Hall–Kier alpha value is -2.11. The molecule has 0 spiro atoms. The topological polar surface area (TPSA) is 111 Å². The molecule has 0 aliphatic rings. The summed E-state index contributed by atoms with van der Waals surface area (Å²) in [4.78, 5) is 26.4. The molecule has 8 nitrogen and oxygen atoms in total. The zero-order valence-electron chi connectivity index (χ0n) is 11.7. The Morgan fingerprint density at radius 2 is 2.22 bits per heavy atom. The van der Waals surface area contributed by atoms with Crippen molar-refractivity contribution < 1.29 is 9.72 Å². The van der Waals surface area contributed by atoms with Gasteiger partial charge in [0.2, 0.25) is 5.91 Å². The van der Waals surface area contributed by atoms with Crippen LogP contribution in [0.3, 0.4) is 0 Å². The molecule has 0 bridgehead atoms. The van der Waals surface area contributed by atoms with Gasteiger partial charge in [0.25, 0.3) is 5.69 Å². The van der Waals surface area contributed by atoms with Crippen LogP contribution >= 0.6 is 34.4 Å². The normalized spacial score (nSPS) is 10.8. The fourth-order valence-corrected chi connectivity index (χ4v) is 4.18. The summed E-state index contributed by atoms with van der Waals surface area (Å²) in [6.07, 6.45) is 0. The van der Waals surface area contributed by atoms with Gasteiger partial charge in [-0.25, -0.2) is 4.98 Å². The summed E-state index contributed by atoms with van der Waals surface area (Å²) in [5, 5.41) is 22.5. The van der Waals surface area contributed by atoms with Crippen LogP contribution in [0.2, 0.25) is 0 Å². The van der Waals surface area contributed by atoms with E-state index in [2.05, 4.69) is 20.5 Å². The fourth-order valence-electron chi connectivity index (χ4n) is 1.70. The Balaban J connectivity index is 1.66. The van der Waals surface area contributed by atoms with E-state index < -0.39 is 4.92 Å². The number of thiazole rings is 1. The molecule has 0 saturated carbocycles. The molecule has 0 fully saturated rings.